The second-order valence-corrected chi connectivity index (χ2v) is 6.06. The molecular weight excluding hydrogens is 402 g/mol. The Morgan fingerprint density at radius 2 is 2.04 bits per heavy atom. The molecule has 0 aliphatic heterocycles. The summed E-state index contributed by atoms with van der Waals surface area (Å²) in [4.78, 5) is 23.7. The van der Waals surface area contributed by atoms with Crippen LogP contribution in [0.2, 0.25) is 0 Å². The molecule has 3 N–H and O–H groups in total. The van der Waals surface area contributed by atoms with Crippen molar-refractivity contribution >= 4 is 34.0 Å². The number of halogens is 1. The molecule has 2 aromatic rings. The van der Waals surface area contributed by atoms with E-state index in [4.69, 9.17) is 4.74 Å². The van der Waals surface area contributed by atoms with Crippen LogP contribution < -0.4 is 15.5 Å². The van der Waals surface area contributed by atoms with E-state index in [2.05, 4.69) is 31.8 Å². The summed E-state index contributed by atoms with van der Waals surface area (Å²) in [6.45, 7) is 0.189. The van der Waals surface area contributed by atoms with Crippen molar-refractivity contribution in [1.29, 1.82) is 0 Å². The van der Waals surface area contributed by atoms with Gasteiger partial charge in [-0.25, -0.2) is 5.43 Å². The van der Waals surface area contributed by atoms with Crippen molar-refractivity contribution in [3.05, 3.63) is 58.1 Å². The van der Waals surface area contributed by atoms with Crippen LogP contribution in [0.3, 0.4) is 0 Å². The topological polar surface area (TPSA) is 100 Å². The van der Waals surface area contributed by atoms with Crippen LogP contribution in [0.15, 0.2) is 52.0 Å². The number of hydrogen-bond acceptors (Lipinski definition) is 5. The zero-order chi connectivity index (χ0) is 18.9. The van der Waals surface area contributed by atoms with Gasteiger partial charge in [0.15, 0.2) is 11.5 Å². The fourth-order valence-corrected chi connectivity index (χ4v) is 2.50. The van der Waals surface area contributed by atoms with Crippen molar-refractivity contribution in [3.63, 3.8) is 0 Å². The first-order valence-corrected chi connectivity index (χ1v) is 8.52. The van der Waals surface area contributed by atoms with E-state index in [1.54, 1.807) is 30.3 Å². The molecule has 7 nitrogen and oxygen atoms in total. The Balaban J connectivity index is 1.77. The fraction of sp³-hybridized carbons (Fsp3) is 0.167. The lowest BCUT2D eigenvalue weighted by Gasteiger charge is -2.06. The number of methoxy groups -OCH3 is 1. The van der Waals surface area contributed by atoms with E-state index >= 15 is 0 Å². The Morgan fingerprint density at radius 1 is 1.27 bits per heavy atom. The monoisotopic (exact) mass is 419 g/mol. The Morgan fingerprint density at radius 3 is 2.77 bits per heavy atom. The number of carbonyl (C=O) groups excluding carboxylic acids is 2. The Kier molecular flexibility index (Phi) is 7.16. The number of ether oxygens (including phenoxy) is 1. The van der Waals surface area contributed by atoms with Gasteiger partial charge in [0.25, 0.3) is 5.91 Å². The average Bonchev–Trinajstić information content (AvgIpc) is 2.63. The molecule has 8 heteroatoms. The molecule has 0 spiro atoms. The van der Waals surface area contributed by atoms with Gasteiger partial charge < -0.3 is 15.2 Å². The molecule has 0 saturated carbocycles. The lowest BCUT2D eigenvalue weighted by Crippen LogP contribution is -2.29. The highest BCUT2D eigenvalue weighted by Gasteiger charge is 2.09. The van der Waals surface area contributed by atoms with E-state index in [0.717, 1.165) is 0 Å². The predicted molar refractivity (Wildman–Crippen MR) is 101 cm³/mol. The maximum Gasteiger partial charge on any atom is 0.252 e. The highest BCUT2D eigenvalue weighted by Crippen LogP contribution is 2.25. The van der Waals surface area contributed by atoms with Crippen LogP contribution in [-0.2, 0) is 4.79 Å². The molecule has 2 amide bonds. The van der Waals surface area contributed by atoms with Crippen LogP contribution >= 0.6 is 15.9 Å². The molecule has 0 saturated heterocycles. The van der Waals surface area contributed by atoms with Gasteiger partial charge in [-0.3, -0.25) is 9.59 Å². The molecular formula is C18H18BrN3O4. The summed E-state index contributed by atoms with van der Waals surface area (Å²) in [5.74, 6) is -0.256. The van der Waals surface area contributed by atoms with Crippen molar-refractivity contribution in [2.75, 3.05) is 13.7 Å². The Bertz CT molecular complexity index is 824. The second kappa shape index (κ2) is 9.57. The number of benzene rings is 2. The van der Waals surface area contributed by atoms with E-state index in [1.807, 2.05) is 6.07 Å². The second-order valence-electron chi connectivity index (χ2n) is 5.21. The maximum absolute atomic E-state index is 12.0. The Hall–Kier alpha value is -2.87. The first kappa shape index (κ1) is 19.5. The number of rotatable bonds is 7. The normalized spacial score (nSPS) is 10.5. The van der Waals surface area contributed by atoms with Crippen LogP contribution in [0.1, 0.15) is 22.3 Å². The first-order chi connectivity index (χ1) is 12.5. The molecule has 0 atom stereocenters. The summed E-state index contributed by atoms with van der Waals surface area (Å²) in [7, 11) is 1.44. The highest BCUT2D eigenvalue weighted by atomic mass is 79.9. The number of carbonyl (C=O) groups is 2. The molecule has 136 valence electrons. The molecule has 0 aliphatic rings. The number of nitrogens with zero attached hydrogens (tertiary/aromatic N) is 1. The summed E-state index contributed by atoms with van der Waals surface area (Å²) >= 11 is 3.30. The molecule has 0 radical (unpaired) electrons. The third-order valence-electron chi connectivity index (χ3n) is 3.36. The first-order valence-electron chi connectivity index (χ1n) is 7.73. The van der Waals surface area contributed by atoms with Crippen LogP contribution in [0.25, 0.3) is 0 Å². The molecule has 0 fully saturated rings. The fourth-order valence-electron chi connectivity index (χ4n) is 2.04. The third kappa shape index (κ3) is 5.59. The summed E-state index contributed by atoms with van der Waals surface area (Å²) < 4.78 is 5.68. The minimum absolute atomic E-state index is 0.0227. The van der Waals surface area contributed by atoms with Gasteiger partial charge >= 0.3 is 0 Å². The molecule has 2 aromatic carbocycles. The molecule has 0 aromatic heterocycles. The van der Waals surface area contributed by atoms with Gasteiger partial charge in [0.2, 0.25) is 5.91 Å². The smallest absolute Gasteiger partial charge is 0.252 e. The highest BCUT2D eigenvalue weighted by molar-refractivity contribution is 9.10. The molecule has 2 rings (SSSR count). The quantitative estimate of drug-likeness (QED) is 0.473. The molecule has 26 heavy (non-hydrogen) atoms. The van der Waals surface area contributed by atoms with E-state index < -0.39 is 0 Å². The molecule has 0 aliphatic carbocycles. The van der Waals surface area contributed by atoms with Crippen LogP contribution in [0, 0.1) is 0 Å². The number of phenolic OH excluding ortho intramolecular Hbond substituents is 1. The summed E-state index contributed by atoms with van der Waals surface area (Å²) in [6, 6.07) is 11.7. The number of amides is 2. The minimum Gasteiger partial charge on any atom is -0.504 e. The Labute approximate surface area is 159 Å². The van der Waals surface area contributed by atoms with E-state index in [1.165, 1.54) is 19.4 Å². The molecule has 0 bridgehead atoms. The number of nitrogens with one attached hydrogen (secondary N) is 2. The largest absolute Gasteiger partial charge is 0.504 e. The van der Waals surface area contributed by atoms with E-state index in [-0.39, 0.29) is 30.5 Å². The van der Waals surface area contributed by atoms with Gasteiger partial charge in [-0.05, 0) is 51.8 Å². The lowest BCUT2D eigenvalue weighted by atomic mass is 10.2. The van der Waals surface area contributed by atoms with Crippen molar-refractivity contribution in [2.24, 2.45) is 5.10 Å². The van der Waals surface area contributed by atoms with Crippen molar-refractivity contribution < 1.29 is 19.4 Å². The van der Waals surface area contributed by atoms with Crippen molar-refractivity contribution in [3.8, 4) is 11.5 Å². The zero-order valence-corrected chi connectivity index (χ0v) is 15.6. The zero-order valence-electron chi connectivity index (χ0n) is 14.0. The number of hydrogen-bond donors (Lipinski definition) is 3. The van der Waals surface area contributed by atoms with Crippen LogP contribution in [0.4, 0.5) is 0 Å². The van der Waals surface area contributed by atoms with Gasteiger partial charge in [0.1, 0.15) is 0 Å². The van der Waals surface area contributed by atoms with E-state index in [0.29, 0.717) is 21.3 Å². The van der Waals surface area contributed by atoms with Crippen molar-refractivity contribution in [1.82, 2.24) is 10.7 Å². The standard InChI is InChI=1S/C18H18BrN3O4/c1-26-16-10-12(6-7-15(16)23)11-21-22-17(24)8-9-20-18(25)13-4-2-3-5-14(13)19/h2-7,10-11,23H,8-9H2,1H3,(H,20,25)(H,22,24). The third-order valence-corrected chi connectivity index (χ3v) is 4.05. The van der Waals surface area contributed by atoms with Crippen LogP contribution in [-0.4, -0.2) is 36.8 Å². The van der Waals surface area contributed by atoms with Gasteiger partial charge in [-0.1, -0.05) is 12.1 Å². The summed E-state index contributed by atoms with van der Waals surface area (Å²) in [5, 5.41) is 16.0. The van der Waals surface area contributed by atoms with E-state index in [9.17, 15) is 14.7 Å². The van der Waals surface area contributed by atoms with Gasteiger partial charge in [-0.2, -0.15) is 5.10 Å². The van der Waals surface area contributed by atoms with Gasteiger partial charge in [0.05, 0.1) is 18.9 Å². The maximum atomic E-state index is 12.0. The SMILES string of the molecule is COc1cc(C=NNC(=O)CCNC(=O)c2ccccc2Br)ccc1O. The summed E-state index contributed by atoms with van der Waals surface area (Å²) in [5.41, 5.74) is 3.54. The minimum atomic E-state index is -0.334. The molecule has 0 heterocycles. The average molecular weight is 420 g/mol. The predicted octanol–water partition coefficient (Wildman–Crippen LogP) is 2.43. The lowest BCUT2D eigenvalue weighted by molar-refractivity contribution is -0.120. The number of phenols is 1. The van der Waals surface area contributed by atoms with Gasteiger partial charge in [0, 0.05) is 17.4 Å². The number of aromatic hydroxyl groups is 1. The molecule has 0 unspecified atom stereocenters. The summed E-state index contributed by atoms with van der Waals surface area (Å²) in [6.07, 6.45) is 1.52. The van der Waals surface area contributed by atoms with Crippen LogP contribution in [0.5, 0.6) is 11.5 Å². The van der Waals surface area contributed by atoms with Gasteiger partial charge in [-0.15, -0.1) is 0 Å². The van der Waals surface area contributed by atoms with Crippen molar-refractivity contribution in [2.45, 2.75) is 6.42 Å². The number of hydrazone groups is 1.